The fourth-order valence-electron chi connectivity index (χ4n) is 1.74. The molecule has 0 spiro atoms. The van der Waals surface area contributed by atoms with E-state index in [1.165, 1.54) is 7.11 Å². The number of methoxy groups -OCH3 is 1. The molecule has 0 aliphatic heterocycles. The summed E-state index contributed by atoms with van der Waals surface area (Å²) in [5, 5.41) is -0.138. The number of carbonyl (C=O) groups is 2. The van der Waals surface area contributed by atoms with Crippen LogP contribution in [0.2, 0.25) is 0 Å². The molecule has 0 aliphatic rings. The lowest BCUT2D eigenvalue weighted by atomic mass is 10.3. The van der Waals surface area contributed by atoms with Crippen LogP contribution >= 0.6 is 11.8 Å². The molecule has 0 N–H and O–H groups in total. The van der Waals surface area contributed by atoms with Crippen LogP contribution in [0.1, 0.15) is 19.8 Å². The number of nitrogens with zero attached hydrogens (tertiary/aromatic N) is 1. The number of thioether (sulfide) groups is 1. The highest BCUT2D eigenvalue weighted by Gasteiger charge is 2.18. The van der Waals surface area contributed by atoms with Crippen LogP contribution in [0.3, 0.4) is 0 Å². The van der Waals surface area contributed by atoms with Crippen molar-refractivity contribution in [1.82, 2.24) is 4.90 Å². The summed E-state index contributed by atoms with van der Waals surface area (Å²) < 4.78 is 4.57. The van der Waals surface area contributed by atoms with Crippen LogP contribution in [-0.4, -0.2) is 42.7 Å². The summed E-state index contributed by atoms with van der Waals surface area (Å²) in [6, 6.07) is 9.85. The Bertz CT molecular complexity index is 436. The minimum atomic E-state index is -0.238. The third-order valence-electron chi connectivity index (χ3n) is 2.88. The SMILES string of the molecule is COC(=O)CCCN(C)C(=O)C(C)Sc1ccccc1. The number of amides is 1. The van der Waals surface area contributed by atoms with Crippen LogP contribution in [0, 0.1) is 0 Å². The van der Waals surface area contributed by atoms with Crippen molar-refractivity contribution in [2.75, 3.05) is 20.7 Å². The number of benzene rings is 1. The predicted octanol–water partition coefficient (Wildman–Crippen LogP) is 2.58. The second-order valence-electron chi connectivity index (χ2n) is 4.51. The molecule has 20 heavy (non-hydrogen) atoms. The van der Waals surface area contributed by atoms with E-state index in [9.17, 15) is 9.59 Å². The van der Waals surface area contributed by atoms with Crippen molar-refractivity contribution in [1.29, 1.82) is 0 Å². The van der Waals surface area contributed by atoms with Gasteiger partial charge in [-0.15, -0.1) is 11.8 Å². The summed E-state index contributed by atoms with van der Waals surface area (Å²) in [6.45, 7) is 2.46. The summed E-state index contributed by atoms with van der Waals surface area (Å²) in [4.78, 5) is 25.9. The molecule has 1 aromatic rings. The van der Waals surface area contributed by atoms with Crippen molar-refractivity contribution in [3.05, 3.63) is 30.3 Å². The van der Waals surface area contributed by atoms with E-state index in [0.29, 0.717) is 19.4 Å². The van der Waals surface area contributed by atoms with Gasteiger partial charge in [0.25, 0.3) is 0 Å². The quantitative estimate of drug-likeness (QED) is 0.573. The number of esters is 1. The molecule has 1 amide bonds. The average Bonchev–Trinajstić information content (AvgIpc) is 2.47. The van der Waals surface area contributed by atoms with Crippen molar-refractivity contribution in [3.63, 3.8) is 0 Å². The Labute approximate surface area is 124 Å². The van der Waals surface area contributed by atoms with Gasteiger partial charge in [-0.2, -0.15) is 0 Å². The molecule has 1 atom stereocenters. The van der Waals surface area contributed by atoms with Crippen LogP contribution in [0.5, 0.6) is 0 Å². The van der Waals surface area contributed by atoms with Crippen molar-refractivity contribution in [3.8, 4) is 0 Å². The fraction of sp³-hybridized carbons (Fsp3) is 0.467. The van der Waals surface area contributed by atoms with Gasteiger partial charge in [0.15, 0.2) is 0 Å². The van der Waals surface area contributed by atoms with E-state index in [-0.39, 0.29) is 17.1 Å². The zero-order valence-electron chi connectivity index (χ0n) is 12.2. The van der Waals surface area contributed by atoms with Gasteiger partial charge < -0.3 is 9.64 Å². The van der Waals surface area contributed by atoms with E-state index in [1.807, 2.05) is 37.3 Å². The van der Waals surface area contributed by atoms with Crippen molar-refractivity contribution >= 4 is 23.6 Å². The first-order chi connectivity index (χ1) is 9.54. The smallest absolute Gasteiger partial charge is 0.305 e. The molecular formula is C15H21NO3S. The van der Waals surface area contributed by atoms with Gasteiger partial charge in [0.2, 0.25) is 5.91 Å². The zero-order chi connectivity index (χ0) is 15.0. The highest BCUT2D eigenvalue weighted by molar-refractivity contribution is 8.00. The second-order valence-corrected chi connectivity index (χ2v) is 5.93. The molecule has 110 valence electrons. The summed E-state index contributed by atoms with van der Waals surface area (Å²) in [6.07, 6.45) is 0.964. The predicted molar refractivity (Wildman–Crippen MR) is 80.6 cm³/mol. The molecule has 1 aromatic carbocycles. The van der Waals surface area contributed by atoms with Crippen LogP contribution in [0.15, 0.2) is 35.2 Å². The molecule has 4 nitrogen and oxygen atoms in total. The summed E-state index contributed by atoms with van der Waals surface area (Å²) >= 11 is 1.54. The Morgan fingerprint density at radius 1 is 1.30 bits per heavy atom. The first-order valence-corrected chi connectivity index (χ1v) is 7.46. The van der Waals surface area contributed by atoms with E-state index >= 15 is 0 Å². The molecule has 0 heterocycles. The normalized spacial score (nSPS) is 11.8. The maximum absolute atomic E-state index is 12.2. The molecule has 5 heteroatoms. The maximum atomic E-state index is 12.2. The van der Waals surface area contributed by atoms with Gasteiger partial charge in [-0.3, -0.25) is 9.59 Å². The van der Waals surface area contributed by atoms with Crippen LogP contribution in [-0.2, 0) is 14.3 Å². The van der Waals surface area contributed by atoms with Gasteiger partial charge in [-0.05, 0) is 25.5 Å². The minimum Gasteiger partial charge on any atom is -0.469 e. The lowest BCUT2D eigenvalue weighted by Gasteiger charge is -2.21. The summed E-state index contributed by atoms with van der Waals surface area (Å²) in [7, 11) is 3.14. The Balaban J connectivity index is 2.38. The molecular weight excluding hydrogens is 274 g/mol. The molecule has 1 unspecified atom stereocenters. The Morgan fingerprint density at radius 3 is 2.55 bits per heavy atom. The summed E-state index contributed by atoms with van der Waals surface area (Å²) in [5.41, 5.74) is 0. The first kappa shape index (κ1) is 16.6. The molecule has 0 aliphatic carbocycles. The Hall–Kier alpha value is -1.49. The van der Waals surface area contributed by atoms with Gasteiger partial charge in [0.05, 0.1) is 12.4 Å². The van der Waals surface area contributed by atoms with Gasteiger partial charge in [0, 0.05) is 24.9 Å². The number of ether oxygens (including phenoxy) is 1. The molecule has 0 aromatic heterocycles. The number of hydrogen-bond donors (Lipinski definition) is 0. The van der Waals surface area contributed by atoms with E-state index in [2.05, 4.69) is 4.74 Å². The second kappa shape index (κ2) is 8.64. The monoisotopic (exact) mass is 295 g/mol. The minimum absolute atomic E-state index is 0.0729. The lowest BCUT2D eigenvalue weighted by molar-refractivity contribution is -0.141. The van der Waals surface area contributed by atoms with E-state index < -0.39 is 0 Å². The summed E-state index contributed by atoms with van der Waals surface area (Å²) in [5.74, 6) is -0.165. The largest absolute Gasteiger partial charge is 0.469 e. The van der Waals surface area contributed by atoms with Gasteiger partial charge >= 0.3 is 5.97 Å². The van der Waals surface area contributed by atoms with Crippen LogP contribution < -0.4 is 0 Å². The van der Waals surface area contributed by atoms with Crippen LogP contribution in [0.4, 0.5) is 0 Å². The van der Waals surface area contributed by atoms with E-state index in [1.54, 1.807) is 23.7 Å². The van der Waals surface area contributed by atoms with Crippen molar-refractivity contribution < 1.29 is 14.3 Å². The molecule has 0 radical (unpaired) electrons. The van der Waals surface area contributed by atoms with Crippen molar-refractivity contribution in [2.45, 2.75) is 29.9 Å². The topological polar surface area (TPSA) is 46.6 Å². The Morgan fingerprint density at radius 2 is 1.95 bits per heavy atom. The number of hydrogen-bond acceptors (Lipinski definition) is 4. The molecule has 1 rings (SSSR count). The van der Waals surface area contributed by atoms with Gasteiger partial charge in [0.1, 0.15) is 0 Å². The third-order valence-corrected chi connectivity index (χ3v) is 3.98. The molecule has 0 saturated heterocycles. The number of carbonyl (C=O) groups excluding carboxylic acids is 2. The standard InChI is InChI=1S/C15H21NO3S/c1-12(20-13-8-5-4-6-9-13)15(18)16(2)11-7-10-14(17)19-3/h4-6,8-9,12H,7,10-11H2,1-3H3. The first-order valence-electron chi connectivity index (χ1n) is 6.58. The fourth-order valence-corrected chi connectivity index (χ4v) is 2.74. The lowest BCUT2D eigenvalue weighted by Crippen LogP contribution is -2.34. The Kier molecular flexibility index (Phi) is 7.15. The van der Waals surface area contributed by atoms with E-state index in [0.717, 1.165) is 4.90 Å². The third kappa shape index (κ3) is 5.65. The van der Waals surface area contributed by atoms with Gasteiger partial charge in [-0.25, -0.2) is 0 Å². The maximum Gasteiger partial charge on any atom is 0.305 e. The van der Waals surface area contributed by atoms with Crippen molar-refractivity contribution in [2.24, 2.45) is 0 Å². The average molecular weight is 295 g/mol. The zero-order valence-corrected chi connectivity index (χ0v) is 13.0. The van der Waals surface area contributed by atoms with Crippen LogP contribution in [0.25, 0.3) is 0 Å². The highest BCUT2D eigenvalue weighted by Crippen LogP contribution is 2.23. The molecule has 0 fully saturated rings. The van der Waals surface area contributed by atoms with E-state index in [4.69, 9.17) is 0 Å². The highest BCUT2D eigenvalue weighted by atomic mass is 32.2. The molecule has 0 saturated carbocycles. The van der Waals surface area contributed by atoms with Gasteiger partial charge in [-0.1, -0.05) is 18.2 Å². The molecule has 0 bridgehead atoms. The number of rotatable bonds is 7.